The van der Waals surface area contributed by atoms with E-state index in [1.165, 1.54) is 11.3 Å². The van der Waals surface area contributed by atoms with Gasteiger partial charge < -0.3 is 37.1 Å². The van der Waals surface area contributed by atoms with Crippen molar-refractivity contribution >= 4 is 45.2 Å². The Morgan fingerprint density at radius 2 is 1.72 bits per heavy atom. The molecule has 50 heavy (non-hydrogen) atoms. The lowest BCUT2D eigenvalue weighted by atomic mass is 9.90. The molecule has 12 nitrogen and oxygen atoms in total. The third-order valence-corrected chi connectivity index (χ3v) is 10.5. The number of benzene rings is 2. The van der Waals surface area contributed by atoms with Crippen LogP contribution in [0.25, 0.3) is 10.2 Å². The van der Waals surface area contributed by atoms with Crippen LogP contribution < -0.4 is 37.1 Å². The van der Waals surface area contributed by atoms with Gasteiger partial charge in [-0.3, -0.25) is 19.2 Å². The van der Waals surface area contributed by atoms with Gasteiger partial charge in [-0.1, -0.05) is 31.2 Å². The summed E-state index contributed by atoms with van der Waals surface area (Å²) in [6.07, 6.45) is 4.91. The van der Waals surface area contributed by atoms with Crippen LogP contribution in [0.2, 0.25) is 0 Å². The first-order valence-electron chi connectivity index (χ1n) is 17.9. The van der Waals surface area contributed by atoms with Crippen molar-refractivity contribution in [2.24, 2.45) is 11.7 Å². The van der Waals surface area contributed by atoms with Gasteiger partial charge >= 0.3 is 0 Å². The number of hydrogen-bond acceptors (Lipinski definition) is 9. The monoisotopic (exact) mass is 705 g/mol. The number of nitrogens with two attached hydrogens (primary N) is 1. The molecule has 1 saturated heterocycles. The van der Waals surface area contributed by atoms with Crippen LogP contribution in [0.1, 0.15) is 80.5 Å². The second-order valence-corrected chi connectivity index (χ2v) is 14.4. The van der Waals surface area contributed by atoms with Gasteiger partial charge in [0.25, 0.3) is 0 Å². The number of thiazole rings is 1. The number of piperidine rings is 1. The lowest BCUT2D eigenvalue weighted by molar-refractivity contribution is -0.134. The van der Waals surface area contributed by atoms with E-state index in [9.17, 15) is 19.2 Å². The van der Waals surface area contributed by atoms with Gasteiger partial charge in [0.1, 0.15) is 23.9 Å². The van der Waals surface area contributed by atoms with Gasteiger partial charge in [0.15, 0.2) is 0 Å². The SMILES string of the molecule is CCC(=O)N[C@@H](Cc1nc2ccc(C)cc2s1)C(=O)N[C@@H](CC1CCNCC1)C(=O)N[C@@H](CCCCN)C(=O)N[C@@H]1CCOc2ccccc21. The Morgan fingerprint density at radius 1 is 0.960 bits per heavy atom. The van der Waals surface area contributed by atoms with Gasteiger partial charge in [-0.2, -0.15) is 0 Å². The topological polar surface area (TPSA) is 177 Å². The van der Waals surface area contributed by atoms with E-state index in [0.717, 1.165) is 53.0 Å². The number of rotatable bonds is 16. The van der Waals surface area contributed by atoms with Gasteiger partial charge in [-0.05, 0) is 94.8 Å². The molecule has 0 aliphatic carbocycles. The standard InChI is InChI=1S/C37H51N7O5S/c1-3-33(45)40-30(22-34-41-27-12-11-23(2)20-32(27)50-34)37(48)44-29(21-24-13-17-39-18-14-24)36(47)43-28(9-6-7-16-38)35(46)42-26-15-19-49-31-10-5-4-8-25(26)31/h4-5,8,10-12,20,24,26,28-30,39H,3,6-7,9,13-19,21-22,38H2,1-2H3,(H,40,45)(H,42,46)(H,43,47)(H,44,48)/t26-,28+,29+,30+/m1/s1. The summed E-state index contributed by atoms with van der Waals surface area (Å²) in [6.45, 7) is 6.35. The van der Waals surface area contributed by atoms with Crippen molar-refractivity contribution in [1.29, 1.82) is 0 Å². The molecule has 0 spiro atoms. The molecule has 4 amide bonds. The van der Waals surface area contributed by atoms with Gasteiger partial charge in [-0.15, -0.1) is 11.3 Å². The Balaban J connectivity index is 1.33. The molecular weight excluding hydrogens is 655 g/mol. The summed E-state index contributed by atoms with van der Waals surface area (Å²) in [4.78, 5) is 59.2. The molecule has 5 rings (SSSR count). The summed E-state index contributed by atoms with van der Waals surface area (Å²) in [5.74, 6) is -0.502. The fraction of sp³-hybridized carbons (Fsp3) is 0.541. The van der Waals surface area contributed by atoms with Crippen molar-refractivity contribution in [1.82, 2.24) is 31.6 Å². The Kier molecular flexibility index (Phi) is 13.6. The highest BCUT2D eigenvalue weighted by molar-refractivity contribution is 7.18. The predicted molar refractivity (Wildman–Crippen MR) is 195 cm³/mol. The van der Waals surface area contributed by atoms with E-state index >= 15 is 0 Å². The van der Waals surface area contributed by atoms with Crippen molar-refractivity contribution in [3.05, 3.63) is 58.6 Å². The minimum Gasteiger partial charge on any atom is -0.493 e. The van der Waals surface area contributed by atoms with Crippen molar-refractivity contribution in [2.75, 3.05) is 26.2 Å². The summed E-state index contributed by atoms with van der Waals surface area (Å²) in [7, 11) is 0. The minimum atomic E-state index is -0.926. The minimum absolute atomic E-state index is 0.189. The number of hydrogen-bond donors (Lipinski definition) is 6. The largest absolute Gasteiger partial charge is 0.493 e. The number of aryl methyl sites for hydroxylation is 1. The number of unbranched alkanes of at least 4 members (excludes halogenated alkanes) is 1. The van der Waals surface area contributed by atoms with E-state index in [1.807, 2.05) is 43.3 Å². The maximum atomic E-state index is 14.1. The number of aromatic nitrogens is 1. The summed E-state index contributed by atoms with van der Waals surface area (Å²) < 4.78 is 6.79. The maximum Gasteiger partial charge on any atom is 0.243 e. The molecule has 1 aromatic heterocycles. The van der Waals surface area contributed by atoms with Gasteiger partial charge in [0.2, 0.25) is 23.6 Å². The van der Waals surface area contributed by atoms with E-state index in [4.69, 9.17) is 15.5 Å². The molecule has 2 aliphatic rings. The second kappa shape index (κ2) is 18.2. The summed E-state index contributed by atoms with van der Waals surface area (Å²) in [6, 6.07) is 10.7. The first kappa shape index (κ1) is 37.2. The van der Waals surface area contributed by atoms with Crippen molar-refractivity contribution in [3.63, 3.8) is 0 Å². The lowest BCUT2D eigenvalue weighted by Crippen LogP contribution is -2.57. The summed E-state index contributed by atoms with van der Waals surface area (Å²) in [5.41, 5.74) is 8.62. The van der Waals surface area contributed by atoms with Crippen LogP contribution in [0.15, 0.2) is 42.5 Å². The molecule has 0 radical (unpaired) electrons. The quantitative estimate of drug-likeness (QED) is 0.123. The molecule has 0 saturated carbocycles. The molecule has 4 atom stereocenters. The Labute approximate surface area is 298 Å². The number of fused-ring (bicyclic) bond motifs is 2. The predicted octanol–water partition coefficient (Wildman–Crippen LogP) is 3.17. The highest BCUT2D eigenvalue weighted by atomic mass is 32.1. The molecule has 0 bridgehead atoms. The number of ether oxygens (including phenoxy) is 1. The molecule has 3 heterocycles. The fourth-order valence-corrected chi connectivity index (χ4v) is 7.71. The Hall–Kier alpha value is -4.07. The number of carbonyl (C=O) groups is 4. The maximum absolute atomic E-state index is 14.1. The zero-order valence-corrected chi connectivity index (χ0v) is 29.9. The van der Waals surface area contributed by atoms with Crippen LogP contribution in [0.3, 0.4) is 0 Å². The average molecular weight is 706 g/mol. The molecule has 7 N–H and O–H groups in total. The molecular formula is C37H51N7O5S. The summed E-state index contributed by atoms with van der Waals surface area (Å²) in [5, 5.41) is 16.0. The smallest absolute Gasteiger partial charge is 0.243 e. The van der Waals surface area contributed by atoms with E-state index in [2.05, 4.69) is 32.7 Å². The fourth-order valence-electron chi connectivity index (χ4n) is 6.60. The highest BCUT2D eigenvalue weighted by Crippen LogP contribution is 2.31. The van der Waals surface area contributed by atoms with Gasteiger partial charge in [0, 0.05) is 24.8 Å². The van der Waals surface area contributed by atoms with Gasteiger partial charge in [0.05, 0.1) is 27.9 Å². The first-order valence-corrected chi connectivity index (χ1v) is 18.7. The molecule has 2 aliphatic heterocycles. The van der Waals surface area contributed by atoms with Gasteiger partial charge in [-0.25, -0.2) is 4.98 Å². The lowest BCUT2D eigenvalue weighted by Gasteiger charge is -2.31. The molecule has 3 aromatic rings. The van der Waals surface area contributed by atoms with Crippen LogP contribution >= 0.6 is 11.3 Å². The van der Waals surface area contributed by atoms with E-state index in [1.54, 1.807) is 6.92 Å². The van der Waals surface area contributed by atoms with E-state index < -0.39 is 29.9 Å². The van der Waals surface area contributed by atoms with Crippen LogP contribution in [0, 0.1) is 12.8 Å². The average Bonchev–Trinajstić information content (AvgIpc) is 3.52. The van der Waals surface area contributed by atoms with Crippen LogP contribution in [-0.2, 0) is 25.6 Å². The molecule has 1 fully saturated rings. The van der Waals surface area contributed by atoms with E-state index in [-0.39, 0.29) is 36.6 Å². The Bertz CT molecular complexity index is 1620. The normalized spacial score (nSPS) is 17.9. The first-order chi connectivity index (χ1) is 24.2. The van der Waals surface area contributed by atoms with Crippen LogP contribution in [0.5, 0.6) is 5.75 Å². The van der Waals surface area contributed by atoms with Crippen molar-refractivity contribution < 1.29 is 23.9 Å². The zero-order chi connectivity index (χ0) is 35.5. The third-order valence-electron chi connectivity index (χ3n) is 9.46. The number of amides is 4. The number of nitrogens with zero attached hydrogens (tertiary/aromatic N) is 1. The third kappa shape index (κ3) is 10.2. The van der Waals surface area contributed by atoms with Crippen LogP contribution in [0.4, 0.5) is 0 Å². The number of para-hydroxylation sites is 1. The van der Waals surface area contributed by atoms with Crippen LogP contribution in [-0.4, -0.2) is 73.0 Å². The highest BCUT2D eigenvalue weighted by Gasteiger charge is 2.33. The zero-order valence-electron chi connectivity index (χ0n) is 29.1. The number of carbonyl (C=O) groups excluding carboxylic acids is 4. The molecule has 270 valence electrons. The second-order valence-electron chi connectivity index (χ2n) is 13.3. The Morgan fingerprint density at radius 3 is 2.50 bits per heavy atom. The van der Waals surface area contributed by atoms with Crippen molar-refractivity contribution in [3.8, 4) is 5.75 Å². The van der Waals surface area contributed by atoms with Crippen molar-refractivity contribution in [2.45, 2.75) is 95.8 Å². The molecule has 13 heteroatoms. The summed E-state index contributed by atoms with van der Waals surface area (Å²) >= 11 is 1.49. The van der Waals surface area contributed by atoms with E-state index in [0.29, 0.717) is 50.3 Å². The molecule has 0 unspecified atom stereocenters. The molecule has 2 aromatic carbocycles. The number of nitrogens with one attached hydrogen (secondary N) is 5.